The van der Waals surface area contributed by atoms with Gasteiger partial charge in [-0.05, 0) is 18.1 Å². The molecule has 0 bridgehead atoms. The van der Waals surface area contributed by atoms with E-state index in [1.165, 1.54) is 0 Å². The molecule has 1 aliphatic heterocycles. The van der Waals surface area contributed by atoms with Crippen LogP contribution in [0.5, 0.6) is 0 Å². The summed E-state index contributed by atoms with van der Waals surface area (Å²) in [6.07, 6.45) is 1.79. The second kappa shape index (κ2) is 3.05. The molecule has 66 valence electrons. The maximum Gasteiger partial charge on any atom is 0.338 e. The van der Waals surface area contributed by atoms with Crippen molar-refractivity contribution in [2.24, 2.45) is 0 Å². The minimum atomic E-state index is -0.221. The zero-order valence-electron chi connectivity index (χ0n) is 7.41. The average Bonchev–Trinajstić information content (AvgIpc) is 2.18. The maximum atomic E-state index is 11.3. The van der Waals surface area contributed by atoms with Gasteiger partial charge in [-0.1, -0.05) is 30.3 Å². The Bertz CT molecular complexity index is 377. The summed E-state index contributed by atoms with van der Waals surface area (Å²) >= 11 is 0. The molecule has 1 aromatic rings. The average molecular weight is 174 g/mol. The van der Waals surface area contributed by atoms with Crippen molar-refractivity contribution in [3.63, 3.8) is 0 Å². The standard InChI is InChI=1S/C11H10O2/c1-2-9-10-6-4-3-5-8(10)7-13-11(9)12/h2-6H,7H2,1H3/b9-2+. The molecule has 0 unspecified atom stereocenters. The van der Waals surface area contributed by atoms with E-state index in [-0.39, 0.29) is 5.97 Å². The van der Waals surface area contributed by atoms with Crippen molar-refractivity contribution in [1.29, 1.82) is 0 Å². The lowest BCUT2D eigenvalue weighted by Gasteiger charge is -2.17. The summed E-state index contributed by atoms with van der Waals surface area (Å²) in [6, 6.07) is 7.81. The number of ether oxygens (including phenoxy) is 1. The van der Waals surface area contributed by atoms with Crippen LogP contribution in [-0.2, 0) is 16.1 Å². The lowest BCUT2D eigenvalue weighted by atomic mass is 9.98. The number of fused-ring (bicyclic) bond motifs is 1. The van der Waals surface area contributed by atoms with Crippen molar-refractivity contribution in [2.45, 2.75) is 13.5 Å². The maximum absolute atomic E-state index is 11.3. The van der Waals surface area contributed by atoms with Gasteiger partial charge < -0.3 is 4.74 Å². The van der Waals surface area contributed by atoms with Crippen LogP contribution in [0, 0.1) is 0 Å². The molecule has 0 radical (unpaired) electrons. The number of carbonyl (C=O) groups excluding carboxylic acids is 1. The molecule has 2 heteroatoms. The number of benzene rings is 1. The summed E-state index contributed by atoms with van der Waals surface area (Å²) in [6.45, 7) is 2.24. The number of cyclic esters (lactones) is 1. The lowest BCUT2D eigenvalue weighted by molar-refractivity contribution is -0.138. The van der Waals surface area contributed by atoms with E-state index in [1.54, 1.807) is 6.08 Å². The normalized spacial score (nSPS) is 18.2. The topological polar surface area (TPSA) is 26.3 Å². The molecule has 0 aromatic heterocycles. The first-order chi connectivity index (χ1) is 6.33. The Morgan fingerprint density at radius 2 is 2.15 bits per heavy atom. The lowest BCUT2D eigenvalue weighted by Crippen LogP contribution is -2.14. The molecule has 2 nitrogen and oxygen atoms in total. The van der Waals surface area contributed by atoms with Gasteiger partial charge in [-0.15, -0.1) is 0 Å². The van der Waals surface area contributed by atoms with Crippen LogP contribution in [0.25, 0.3) is 5.57 Å². The Hall–Kier alpha value is -1.57. The van der Waals surface area contributed by atoms with Crippen molar-refractivity contribution in [1.82, 2.24) is 0 Å². The zero-order chi connectivity index (χ0) is 9.26. The molecule has 0 saturated heterocycles. The Labute approximate surface area is 76.8 Å². The number of hydrogen-bond donors (Lipinski definition) is 0. The van der Waals surface area contributed by atoms with Gasteiger partial charge in [0.05, 0.1) is 5.57 Å². The second-order valence-electron chi connectivity index (χ2n) is 2.94. The van der Waals surface area contributed by atoms with E-state index in [2.05, 4.69) is 0 Å². The van der Waals surface area contributed by atoms with E-state index in [4.69, 9.17) is 4.74 Å². The first-order valence-corrected chi connectivity index (χ1v) is 4.24. The van der Waals surface area contributed by atoms with E-state index in [0.717, 1.165) is 11.1 Å². The molecule has 1 heterocycles. The van der Waals surface area contributed by atoms with Gasteiger partial charge in [-0.2, -0.15) is 0 Å². The van der Waals surface area contributed by atoms with E-state index in [9.17, 15) is 4.79 Å². The molecular weight excluding hydrogens is 164 g/mol. The molecule has 0 spiro atoms. The largest absolute Gasteiger partial charge is 0.457 e. The zero-order valence-corrected chi connectivity index (χ0v) is 7.41. The van der Waals surface area contributed by atoms with Gasteiger partial charge in [0, 0.05) is 0 Å². The van der Waals surface area contributed by atoms with Crippen LogP contribution in [0.15, 0.2) is 30.3 Å². The third kappa shape index (κ3) is 1.24. The Morgan fingerprint density at radius 3 is 2.92 bits per heavy atom. The van der Waals surface area contributed by atoms with Crippen molar-refractivity contribution in [3.8, 4) is 0 Å². The summed E-state index contributed by atoms with van der Waals surface area (Å²) in [5, 5.41) is 0. The quantitative estimate of drug-likeness (QED) is 0.445. The number of esters is 1. The molecule has 1 aliphatic rings. The fourth-order valence-corrected chi connectivity index (χ4v) is 1.51. The van der Waals surface area contributed by atoms with Crippen LogP contribution in [0.1, 0.15) is 18.1 Å². The minimum Gasteiger partial charge on any atom is -0.457 e. The van der Waals surface area contributed by atoms with Crippen LogP contribution in [0.3, 0.4) is 0 Å². The van der Waals surface area contributed by atoms with Crippen molar-refractivity contribution < 1.29 is 9.53 Å². The summed E-state index contributed by atoms with van der Waals surface area (Å²) in [4.78, 5) is 11.3. The summed E-state index contributed by atoms with van der Waals surface area (Å²) in [5.74, 6) is -0.221. The van der Waals surface area contributed by atoms with Gasteiger partial charge in [0.1, 0.15) is 6.61 Å². The molecule has 2 rings (SSSR count). The smallest absolute Gasteiger partial charge is 0.338 e. The van der Waals surface area contributed by atoms with E-state index >= 15 is 0 Å². The predicted molar refractivity (Wildman–Crippen MR) is 49.9 cm³/mol. The summed E-state index contributed by atoms with van der Waals surface area (Å²) in [7, 11) is 0. The fraction of sp³-hybridized carbons (Fsp3) is 0.182. The fourth-order valence-electron chi connectivity index (χ4n) is 1.51. The van der Waals surface area contributed by atoms with Crippen molar-refractivity contribution in [2.75, 3.05) is 0 Å². The van der Waals surface area contributed by atoms with Crippen molar-refractivity contribution >= 4 is 11.5 Å². The number of carbonyl (C=O) groups is 1. The van der Waals surface area contributed by atoms with Crippen LogP contribution in [0.4, 0.5) is 0 Å². The van der Waals surface area contributed by atoms with Gasteiger partial charge >= 0.3 is 5.97 Å². The Morgan fingerprint density at radius 1 is 1.38 bits per heavy atom. The SMILES string of the molecule is C/C=C1/C(=O)OCc2ccccc21. The molecule has 13 heavy (non-hydrogen) atoms. The summed E-state index contributed by atoms with van der Waals surface area (Å²) < 4.78 is 5.00. The first kappa shape index (κ1) is 8.05. The third-order valence-electron chi connectivity index (χ3n) is 2.17. The molecule has 0 aliphatic carbocycles. The van der Waals surface area contributed by atoms with Crippen LogP contribution in [0.2, 0.25) is 0 Å². The molecular formula is C11H10O2. The van der Waals surface area contributed by atoms with Crippen LogP contribution < -0.4 is 0 Å². The highest BCUT2D eigenvalue weighted by Crippen LogP contribution is 2.25. The Balaban J connectivity index is 2.58. The third-order valence-corrected chi connectivity index (χ3v) is 2.17. The van der Waals surface area contributed by atoms with E-state index in [1.807, 2.05) is 31.2 Å². The van der Waals surface area contributed by atoms with Gasteiger partial charge in [0.2, 0.25) is 0 Å². The summed E-state index contributed by atoms with van der Waals surface area (Å²) in [5.41, 5.74) is 2.75. The molecule has 0 fully saturated rings. The van der Waals surface area contributed by atoms with Gasteiger partial charge in [-0.3, -0.25) is 0 Å². The van der Waals surface area contributed by atoms with E-state index < -0.39 is 0 Å². The van der Waals surface area contributed by atoms with Gasteiger partial charge in [-0.25, -0.2) is 4.79 Å². The van der Waals surface area contributed by atoms with Crippen molar-refractivity contribution in [3.05, 3.63) is 41.5 Å². The number of allylic oxidation sites excluding steroid dienone is 1. The predicted octanol–water partition coefficient (Wildman–Crippen LogP) is 2.15. The molecule has 0 N–H and O–H groups in total. The molecule has 1 aromatic carbocycles. The first-order valence-electron chi connectivity index (χ1n) is 4.24. The number of hydrogen-bond acceptors (Lipinski definition) is 2. The highest BCUT2D eigenvalue weighted by molar-refractivity contribution is 6.17. The van der Waals surface area contributed by atoms with Gasteiger partial charge in [0.15, 0.2) is 0 Å². The van der Waals surface area contributed by atoms with E-state index in [0.29, 0.717) is 12.2 Å². The highest BCUT2D eigenvalue weighted by atomic mass is 16.5. The molecule has 0 amide bonds. The number of rotatable bonds is 0. The monoisotopic (exact) mass is 174 g/mol. The van der Waals surface area contributed by atoms with Crippen LogP contribution >= 0.6 is 0 Å². The minimum absolute atomic E-state index is 0.221. The van der Waals surface area contributed by atoms with Gasteiger partial charge in [0.25, 0.3) is 0 Å². The highest BCUT2D eigenvalue weighted by Gasteiger charge is 2.20. The Kier molecular flexibility index (Phi) is 1.89. The molecule has 0 atom stereocenters. The second-order valence-corrected chi connectivity index (χ2v) is 2.94. The van der Waals surface area contributed by atoms with Crippen LogP contribution in [-0.4, -0.2) is 5.97 Å². The molecule has 0 saturated carbocycles.